The molecule has 1 unspecified atom stereocenters. The molecular weight excluding hydrogens is 457 g/mol. The van der Waals surface area contributed by atoms with Gasteiger partial charge in [-0.05, 0) is 18.9 Å². The number of methoxy groups -OCH3 is 1. The SMILES string of the molecule is CCNC(=NCCOCCOC)N1CCC(COCc2ccccc2)C1.I. The Hall–Kier alpha value is -0.900. The van der Waals surface area contributed by atoms with E-state index in [1.807, 2.05) is 18.2 Å². The molecule has 1 aromatic carbocycles. The zero-order valence-electron chi connectivity index (χ0n) is 16.6. The first kappa shape index (κ1) is 24.1. The van der Waals surface area contributed by atoms with Crippen molar-refractivity contribution in [2.75, 3.05) is 59.7 Å². The van der Waals surface area contributed by atoms with Crippen LogP contribution in [0.3, 0.4) is 0 Å². The van der Waals surface area contributed by atoms with Crippen molar-refractivity contribution in [3.05, 3.63) is 35.9 Å². The third kappa shape index (κ3) is 9.73. The van der Waals surface area contributed by atoms with E-state index in [1.165, 1.54) is 5.56 Å². The van der Waals surface area contributed by atoms with E-state index < -0.39 is 0 Å². The van der Waals surface area contributed by atoms with Gasteiger partial charge in [0.05, 0.1) is 39.6 Å². The number of benzene rings is 1. The van der Waals surface area contributed by atoms with Crippen LogP contribution in [0.25, 0.3) is 0 Å². The molecule has 0 spiro atoms. The molecule has 1 N–H and O–H groups in total. The van der Waals surface area contributed by atoms with Gasteiger partial charge in [0, 0.05) is 32.7 Å². The monoisotopic (exact) mass is 491 g/mol. The van der Waals surface area contributed by atoms with Crippen LogP contribution in [0, 0.1) is 5.92 Å². The molecule has 1 heterocycles. The highest BCUT2D eigenvalue weighted by Crippen LogP contribution is 2.17. The average molecular weight is 491 g/mol. The van der Waals surface area contributed by atoms with Gasteiger partial charge in [-0.2, -0.15) is 0 Å². The number of rotatable bonds is 11. The molecule has 1 aromatic rings. The zero-order chi connectivity index (χ0) is 18.5. The lowest BCUT2D eigenvalue weighted by molar-refractivity contribution is 0.0747. The van der Waals surface area contributed by atoms with Crippen molar-refractivity contribution in [1.29, 1.82) is 0 Å². The number of nitrogens with zero attached hydrogens (tertiary/aromatic N) is 2. The Labute approximate surface area is 180 Å². The number of aliphatic imine (C=N–C) groups is 1. The first-order chi connectivity index (χ1) is 12.8. The molecule has 0 aromatic heterocycles. The van der Waals surface area contributed by atoms with Crippen LogP contribution in [-0.2, 0) is 20.8 Å². The molecule has 1 saturated heterocycles. The summed E-state index contributed by atoms with van der Waals surface area (Å²) in [5.74, 6) is 1.54. The summed E-state index contributed by atoms with van der Waals surface area (Å²) < 4.78 is 16.4. The summed E-state index contributed by atoms with van der Waals surface area (Å²) in [5, 5.41) is 3.38. The molecule has 0 amide bonds. The van der Waals surface area contributed by atoms with E-state index in [-0.39, 0.29) is 24.0 Å². The summed E-state index contributed by atoms with van der Waals surface area (Å²) >= 11 is 0. The minimum absolute atomic E-state index is 0. The molecule has 27 heavy (non-hydrogen) atoms. The van der Waals surface area contributed by atoms with Crippen molar-refractivity contribution in [2.45, 2.75) is 20.0 Å². The predicted octanol–water partition coefficient (Wildman–Crippen LogP) is 2.77. The second-order valence-corrected chi connectivity index (χ2v) is 6.44. The van der Waals surface area contributed by atoms with Crippen LogP contribution in [0.2, 0.25) is 0 Å². The second-order valence-electron chi connectivity index (χ2n) is 6.44. The van der Waals surface area contributed by atoms with Crippen LogP contribution in [0.1, 0.15) is 18.9 Å². The first-order valence-electron chi connectivity index (χ1n) is 9.55. The molecule has 1 aliphatic heterocycles. The van der Waals surface area contributed by atoms with Gasteiger partial charge in [-0.15, -0.1) is 24.0 Å². The van der Waals surface area contributed by atoms with Crippen molar-refractivity contribution in [3.8, 4) is 0 Å². The Bertz CT molecular complexity index is 516. The Morgan fingerprint density at radius 2 is 2.00 bits per heavy atom. The maximum Gasteiger partial charge on any atom is 0.194 e. The second kappa shape index (κ2) is 15.1. The maximum absolute atomic E-state index is 5.91. The Balaban J connectivity index is 0.00000364. The number of nitrogens with one attached hydrogen (secondary N) is 1. The molecule has 0 radical (unpaired) electrons. The van der Waals surface area contributed by atoms with Gasteiger partial charge in [-0.25, -0.2) is 0 Å². The highest BCUT2D eigenvalue weighted by atomic mass is 127. The molecule has 0 bridgehead atoms. The minimum Gasteiger partial charge on any atom is -0.382 e. The molecule has 6 nitrogen and oxygen atoms in total. The van der Waals surface area contributed by atoms with Crippen molar-refractivity contribution >= 4 is 29.9 Å². The van der Waals surface area contributed by atoms with Gasteiger partial charge in [0.25, 0.3) is 0 Å². The van der Waals surface area contributed by atoms with Gasteiger partial charge >= 0.3 is 0 Å². The lowest BCUT2D eigenvalue weighted by atomic mass is 10.1. The molecule has 2 rings (SSSR count). The zero-order valence-corrected chi connectivity index (χ0v) is 18.9. The fourth-order valence-electron chi connectivity index (χ4n) is 2.96. The lowest BCUT2D eigenvalue weighted by Crippen LogP contribution is -2.40. The third-order valence-electron chi connectivity index (χ3n) is 4.31. The van der Waals surface area contributed by atoms with Crippen molar-refractivity contribution in [1.82, 2.24) is 10.2 Å². The predicted molar refractivity (Wildman–Crippen MR) is 120 cm³/mol. The van der Waals surface area contributed by atoms with E-state index in [4.69, 9.17) is 14.2 Å². The number of hydrogen-bond donors (Lipinski definition) is 1. The van der Waals surface area contributed by atoms with E-state index in [0.717, 1.165) is 38.6 Å². The topological polar surface area (TPSA) is 55.3 Å². The van der Waals surface area contributed by atoms with Crippen LogP contribution in [-0.4, -0.2) is 70.6 Å². The average Bonchev–Trinajstić information content (AvgIpc) is 3.13. The van der Waals surface area contributed by atoms with Crippen molar-refractivity contribution in [2.24, 2.45) is 10.9 Å². The molecule has 0 saturated carbocycles. The maximum atomic E-state index is 5.91. The molecular formula is C20H34IN3O3. The van der Waals surface area contributed by atoms with E-state index >= 15 is 0 Å². The van der Waals surface area contributed by atoms with Gasteiger partial charge < -0.3 is 24.4 Å². The first-order valence-corrected chi connectivity index (χ1v) is 9.55. The van der Waals surface area contributed by atoms with E-state index in [1.54, 1.807) is 7.11 Å². The molecule has 1 aliphatic rings. The van der Waals surface area contributed by atoms with Crippen molar-refractivity contribution in [3.63, 3.8) is 0 Å². The van der Waals surface area contributed by atoms with E-state index in [0.29, 0.717) is 38.9 Å². The standard InChI is InChI=1S/C20H33N3O3.HI/c1-3-21-20(22-10-12-25-14-13-24-2)23-11-9-19(15-23)17-26-16-18-7-5-4-6-8-18;/h4-8,19H,3,9-17H2,1-2H3,(H,21,22);1H. The summed E-state index contributed by atoms with van der Waals surface area (Å²) in [4.78, 5) is 7.01. The summed E-state index contributed by atoms with van der Waals surface area (Å²) in [5.41, 5.74) is 1.23. The van der Waals surface area contributed by atoms with E-state index in [2.05, 4.69) is 34.3 Å². The van der Waals surface area contributed by atoms with Crippen LogP contribution >= 0.6 is 24.0 Å². The fourth-order valence-corrected chi connectivity index (χ4v) is 2.96. The van der Waals surface area contributed by atoms with Crippen LogP contribution in [0.15, 0.2) is 35.3 Å². The molecule has 7 heteroatoms. The minimum atomic E-state index is 0. The smallest absolute Gasteiger partial charge is 0.194 e. The fraction of sp³-hybridized carbons (Fsp3) is 0.650. The summed E-state index contributed by atoms with van der Waals surface area (Å²) in [7, 11) is 1.68. The number of hydrogen-bond acceptors (Lipinski definition) is 4. The Kier molecular flexibility index (Phi) is 13.5. The summed E-state index contributed by atoms with van der Waals surface area (Å²) in [6, 6.07) is 10.3. The highest BCUT2D eigenvalue weighted by Gasteiger charge is 2.24. The molecule has 154 valence electrons. The normalized spacial score (nSPS) is 17.0. The molecule has 1 fully saturated rings. The van der Waals surface area contributed by atoms with Crippen molar-refractivity contribution < 1.29 is 14.2 Å². The Morgan fingerprint density at radius 3 is 2.74 bits per heavy atom. The van der Waals surface area contributed by atoms with Crippen LogP contribution < -0.4 is 5.32 Å². The van der Waals surface area contributed by atoms with Gasteiger partial charge in [0.15, 0.2) is 5.96 Å². The Morgan fingerprint density at radius 1 is 1.19 bits per heavy atom. The highest BCUT2D eigenvalue weighted by molar-refractivity contribution is 14.0. The molecule has 0 aliphatic carbocycles. The van der Waals surface area contributed by atoms with Crippen LogP contribution in [0.4, 0.5) is 0 Å². The van der Waals surface area contributed by atoms with Gasteiger partial charge in [0.2, 0.25) is 0 Å². The number of ether oxygens (including phenoxy) is 3. The van der Waals surface area contributed by atoms with Gasteiger partial charge in [0.1, 0.15) is 0 Å². The largest absolute Gasteiger partial charge is 0.382 e. The number of halogens is 1. The van der Waals surface area contributed by atoms with E-state index in [9.17, 15) is 0 Å². The summed E-state index contributed by atoms with van der Waals surface area (Å²) in [6.07, 6.45) is 1.14. The van der Waals surface area contributed by atoms with Crippen LogP contribution in [0.5, 0.6) is 0 Å². The van der Waals surface area contributed by atoms with Gasteiger partial charge in [-0.3, -0.25) is 4.99 Å². The molecule has 1 atom stereocenters. The third-order valence-corrected chi connectivity index (χ3v) is 4.31. The lowest BCUT2D eigenvalue weighted by Gasteiger charge is -2.21. The quantitative estimate of drug-likeness (QED) is 0.223. The summed E-state index contributed by atoms with van der Waals surface area (Å²) in [6.45, 7) is 8.99. The number of guanidine groups is 1. The van der Waals surface area contributed by atoms with Gasteiger partial charge in [-0.1, -0.05) is 30.3 Å². The number of likely N-dealkylation sites (tertiary alicyclic amines) is 1.